The lowest BCUT2D eigenvalue weighted by molar-refractivity contribution is 1.47. The van der Waals surface area contributed by atoms with Crippen molar-refractivity contribution in [3.05, 3.63) is 41.9 Å². The summed E-state index contributed by atoms with van der Waals surface area (Å²) in [5.74, 6) is 0. The largest absolute Gasteiger partial charge is 0.260 e. The van der Waals surface area contributed by atoms with Crippen LogP contribution in [0, 0.1) is 0 Å². The molecule has 0 saturated heterocycles. The van der Waals surface area contributed by atoms with Crippen molar-refractivity contribution in [2.45, 2.75) is 0 Å². The smallest absolute Gasteiger partial charge is 0.231 e. The van der Waals surface area contributed by atoms with Gasteiger partial charge in [-0.05, 0) is 0 Å². The summed E-state index contributed by atoms with van der Waals surface area (Å²) < 4.78 is 0. The minimum atomic E-state index is 1.06. The lowest BCUT2D eigenvalue weighted by Crippen LogP contribution is -2.25. The van der Waals surface area contributed by atoms with Gasteiger partial charge in [0, 0.05) is 11.6 Å². The molecule has 0 N–H and O–H groups in total. The standard InChI is InChI=1S/C9H7BNS/c1-2-4-8(5-3-1)10-9-11-6-7-12-9/h1-7H. The number of hydrogen-bond donors (Lipinski definition) is 0. The minimum absolute atomic E-state index is 1.06. The number of benzene rings is 1. The molecule has 0 saturated carbocycles. The molecule has 0 atom stereocenters. The lowest BCUT2D eigenvalue weighted by atomic mass is 9.71. The molecular formula is C9H7BNS. The zero-order valence-electron chi connectivity index (χ0n) is 6.47. The van der Waals surface area contributed by atoms with Gasteiger partial charge in [0.15, 0.2) is 0 Å². The SMILES string of the molecule is [B](c1ccccc1)c1nccs1. The van der Waals surface area contributed by atoms with Crippen LogP contribution in [0.25, 0.3) is 0 Å². The average molecular weight is 172 g/mol. The van der Waals surface area contributed by atoms with E-state index in [9.17, 15) is 0 Å². The van der Waals surface area contributed by atoms with Crippen molar-refractivity contribution in [3.63, 3.8) is 0 Å². The van der Waals surface area contributed by atoms with E-state index in [-0.39, 0.29) is 0 Å². The summed E-state index contributed by atoms with van der Waals surface area (Å²) in [6, 6.07) is 10.2. The van der Waals surface area contributed by atoms with Crippen LogP contribution in [0.4, 0.5) is 0 Å². The van der Waals surface area contributed by atoms with Crippen molar-refractivity contribution < 1.29 is 0 Å². The second-order valence-corrected chi connectivity index (χ2v) is 3.35. The maximum Gasteiger partial charge on any atom is 0.231 e. The summed E-state index contributed by atoms with van der Waals surface area (Å²) in [5.41, 5.74) is 1.20. The van der Waals surface area contributed by atoms with Gasteiger partial charge in [0.25, 0.3) is 0 Å². The molecule has 2 rings (SSSR count). The monoisotopic (exact) mass is 172 g/mol. The molecule has 1 aromatic heterocycles. The topological polar surface area (TPSA) is 12.9 Å². The van der Waals surface area contributed by atoms with Crippen molar-refractivity contribution in [1.29, 1.82) is 0 Å². The predicted molar refractivity (Wildman–Crippen MR) is 53.6 cm³/mol. The Kier molecular flexibility index (Phi) is 2.23. The maximum atomic E-state index is 4.17. The molecule has 0 aliphatic rings. The van der Waals surface area contributed by atoms with Crippen LogP contribution >= 0.6 is 11.3 Å². The van der Waals surface area contributed by atoms with E-state index in [2.05, 4.69) is 24.4 Å². The highest BCUT2D eigenvalue weighted by Gasteiger charge is 1.99. The van der Waals surface area contributed by atoms with Gasteiger partial charge in [0.1, 0.15) is 0 Å². The molecule has 3 heteroatoms. The van der Waals surface area contributed by atoms with E-state index in [0.717, 1.165) is 4.91 Å². The Morgan fingerprint density at radius 1 is 1.17 bits per heavy atom. The average Bonchev–Trinajstić information content (AvgIpc) is 2.59. The van der Waals surface area contributed by atoms with Crippen LogP contribution in [0.3, 0.4) is 0 Å². The Morgan fingerprint density at radius 3 is 2.67 bits per heavy atom. The van der Waals surface area contributed by atoms with Gasteiger partial charge in [-0.25, -0.2) is 0 Å². The summed E-state index contributed by atoms with van der Waals surface area (Å²) in [4.78, 5) is 5.23. The fourth-order valence-electron chi connectivity index (χ4n) is 0.998. The summed E-state index contributed by atoms with van der Waals surface area (Å²) in [6.07, 6.45) is 1.82. The molecule has 1 radical (unpaired) electrons. The first kappa shape index (κ1) is 7.56. The maximum absolute atomic E-state index is 4.17. The van der Waals surface area contributed by atoms with Crippen LogP contribution in [0.15, 0.2) is 41.9 Å². The quantitative estimate of drug-likeness (QED) is 0.610. The third-order valence-corrected chi connectivity index (χ3v) is 2.26. The van der Waals surface area contributed by atoms with Crippen LogP contribution in [0.5, 0.6) is 0 Å². The molecule has 0 aliphatic heterocycles. The Morgan fingerprint density at radius 2 is 2.00 bits per heavy atom. The van der Waals surface area contributed by atoms with E-state index in [1.54, 1.807) is 11.3 Å². The molecule has 57 valence electrons. The van der Waals surface area contributed by atoms with E-state index < -0.39 is 0 Å². The van der Waals surface area contributed by atoms with Gasteiger partial charge in [-0.2, -0.15) is 0 Å². The summed E-state index contributed by atoms with van der Waals surface area (Å²) in [5, 5.41) is 1.98. The van der Waals surface area contributed by atoms with E-state index in [1.165, 1.54) is 5.46 Å². The second-order valence-electron chi connectivity index (χ2n) is 2.43. The van der Waals surface area contributed by atoms with Gasteiger partial charge < -0.3 is 0 Å². The molecule has 1 aromatic carbocycles. The number of hydrogen-bond acceptors (Lipinski definition) is 2. The van der Waals surface area contributed by atoms with Crippen LogP contribution in [-0.4, -0.2) is 12.3 Å². The molecule has 2 aromatic rings. The van der Waals surface area contributed by atoms with Gasteiger partial charge >= 0.3 is 0 Å². The lowest BCUT2D eigenvalue weighted by Gasteiger charge is -1.93. The van der Waals surface area contributed by atoms with Gasteiger partial charge in [0.2, 0.25) is 7.28 Å². The van der Waals surface area contributed by atoms with Crippen molar-refractivity contribution in [2.24, 2.45) is 0 Å². The molecule has 1 nitrogen and oxygen atoms in total. The van der Waals surface area contributed by atoms with Gasteiger partial charge in [-0.3, -0.25) is 4.98 Å². The summed E-state index contributed by atoms with van der Waals surface area (Å²) in [6.45, 7) is 0. The molecule has 0 amide bonds. The third kappa shape index (κ3) is 1.74. The van der Waals surface area contributed by atoms with Crippen LogP contribution in [-0.2, 0) is 0 Å². The summed E-state index contributed by atoms with van der Waals surface area (Å²) >= 11 is 1.65. The Balaban J connectivity index is 2.15. The molecule has 1 heterocycles. The van der Waals surface area contributed by atoms with E-state index >= 15 is 0 Å². The van der Waals surface area contributed by atoms with Gasteiger partial charge in [0.05, 0.1) is 4.91 Å². The first-order valence-corrected chi connectivity index (χ1v) is 4.62. The highest BCUT2D eigenvalue weighted by atomic mass is 32.1. The van der Waals surface area contributed by atoms with Crippen molar-refractivity contribution in [3.8, 4) is 0 Å². The van der Waals surface area contributed by atoms with Crippen molar-refractivity contribution in [2.75, 3.05) is 0 Å². The first-order valence-electron chi connectivity index (χ1n) is 3.74. The number of nitrogens with zero attached hydrogens (tertiary/aromatic N) is 1. The molecule has 0 aliphatic carbocycles. The zero-order chi connectivity index (χ0) is 8.23. The third-order valence-electron chi connectivity index (χ3n) is 1.54. The Labute approximate surface area is 76.3 Å². The number of rotatable bonds is 2. The van der Waals surface area contributed by atoms with E-state index in [1.807, 2.05) is 29.8 Å². The first-order chi connectivity index (χ1) is 5.95. The van der Waals surface area contributed by atoms with Gasteiger partial charge in [-0.1, -0.05) is 35.8 Å². The molecule has 0 spiro atoms. The fraction of sp³-hybridized carbons (Fsp3) is 0. The highest BCUT2D eigenvalue weighted by Crippen LogP contribution is 1.87. The normalized spacial score (nSPS) is 9.67. The van der Waals surface area contributed by atoms with E-state index in [0.29, 0.717) is 0 Å². The second kappa shape index (κ2) is 3.54. The molecular weight excluding hydrogens is 165 g/mol. The molecule has 12 heavy (non-hydrogen) atoms. The molecule has 0 bridgehead atoms. The van der Waals surface area contributed by atoms with Crippen molar-refractivity contribution >= 4 is 29.0 Å². The zero-order valence-corrected chi connectivity index (χ0v) is 7.29. The van der Waals surface area contributed by atoms with E-state index in [4.69, 9.17) is 0 Å². The number of thiazole rings is 1. The minimum Gasteiger partial charge on any atom is -0.260 e. The van der Waals surface area contributed by atoms with Crippen LogP contribution in [0.2, 0.25) is 0 Å². The number of aromatic nitrogens is 1. The van der Waals surface area contributed by atoms with Gasteiger partial charge in [-0.15, -0.1) is 11.3 Å². The van der Waals surface area contributed by atoms with Crippen molar-refractivity contribution in [1.82, 2.24) is 4.98 Å². The van der Waals surface area contributed by atoms with Crippen LogP contribution in [0.1, 0.15) is 0 Å². The Hall–Kier alpha value is -1.09. The predicted octanol–water partition coefficient (Wildman–Crippen LogP) is 0.798. The Bertz CT molecular complexity index is 331. The summed E-state index contributed by atoms with van der Waals surface area (Å²) in [7, 11) is 2.07. The molecule has 0 fully saturated rings. The fourth-order valence-corrected chi connectivity index (χ4v) is 1.58. The highest BCUT2D eigenvalue weighted by molar-refractivity contribution is 7.20. The molecule has 0 unspecified atom stereocenters. The van der Waals surface area contributed by atoms with Crippen LogP contribution < -0.4 is 10.4 Å².